The van der Waals surface area contributed by atoms with Gasteiger partial charge in [0.15, 0.2) is 0 Å². The van der Waals surface area contributed by atoms with Crippen LogP contribution in [0.3, 0.4) is 0 Å². The highest BCUT2D eigenvalue weighted by Gasteiger charge is 2.13. The third-order valence-corrected chi connectivity index (χ3v) is 3.39. The lowest BCUT2D eigenvalue weighted by atomic mass is 10.00. The molecule has 0 N–H and O–H groups in total. The third kappa shape index (κ3) is 2.31. The van der Waals surface area contributed by atoms with Crippen LogP contribution in [0.4, 0.5) is 0 Å². The Morgan fingerprint density at radius 3 is 2.57 bits per heavy atom. The van der Waals surface area contributed by atoms with E-state index in [0.717, 1.165) is 16.5 Å². The van der Waals surface area contributed by atoms with E-state index in [1.807, 2.05) is 37.3 Å². The summed E-state index contributed by atoms with van der Waals surface area (Å²) in [4.78, 5) is 22.6. The van der Waals surface area contributed by atoms with Gasteiger partial charge in [-0.25, -0.2) is 4.79 Å². The largest absolute Gasteiger partial charge is 0.429 e. The normalized spacial score (nSPS) is 10.5. The number of rotatable bonds is 3. The van der Waals surface area contributed by atoms with Gasteiger partial charge in [0, 0.05) is 11.5 Å². The second-order valence-electron chi connectivity index (χ2n) is 4.63. The van der Waals surface area contributed by atoms with E-state index in [-0.39, 0.29) is 0 Å². The molecule has 3 aromatic rings. The third-order valence-electron chi connectivity index (χ3n) is 3.39. The number of hydrogen-bond donors (Lipinski definition) is 0. The number of ether oxygens (including phenoxy) is 1. The maximum atomic E-state index is 12.2. The van der Waals surface area contributed by atoms with Crippen LogP contribution in [0.2, 0.25) is 0 Å². The zero-order valence-corrected chi connectivity index (χ0v) is 11.3. The van der Waals surface area contributed by atoms with Gasteiger partial charge in [-0.1, -0.05) is 30.3 Å². The zero-order chi connectivity index (χ0) is 14.8. The summed E-state index contributed by atoms with van der Waals surface area (Å²) in [7, 11) is 0. The number of benzene rings is 2. The molecule has 0 aliphatic carbocycles. The van der Waals surface area contributed by atoms with Crippen LogP contribution in [-0.4, -0.2) is 6.47 Å². The number of hydrogen-bond acceptors (Lipinski definition) is 4. The summed E-state index contributed by atoms with van der Waals surface area (Å²) in [5, 5.41) is 0.812. The fraction of sp³-hybridized carbons (Fsp3) is 0.0588. The van der Waals surface area contributed by atoms with Crippen LogP contribution >= 0.6 is 0 Å². The van der Waals surface area contributed by atoms with Crippen molar-refractivity contribution in [2.75, 3.05) is 0 Å². The molecule has 3 rings (SSSR count). The molecular weight excluding hydrogens is 268 g/mol. The first kappa shape index (κ1) is 13.1. The molecule has 0 aliphatic heterocycles. The lowest BCUT2D eigenvalue weighted by Crippen LogP contribution is -2.06. The van der Waals surface area contributed by atoms with Crippen molar-refractivity contribution in [2.24, 2.45) is 0 Å². The molecule has 0 fully saturated rings. The predicted molar refractivity (Wildman–Crippen MR) is 79.3 cm³/mol. The van der Waals surface area contributed by atoms with Gasteiger partial charge in [0.25, 0.3) is 6.47 Å². The molecule has 1 aromatic heterocycles. The Morgan fingerprint density at radius 2 is 1.86 bits per heavy atom. The SMILES string of the molecule is Cc1c(-c2ccccc2)c(=O)oc2cc(OC=O)ccc12. The number of carbonyl (C=O) groups excluding carboxylic acids is 1. The highest BCUT2D eigenvalue weighted by molar-refractivity contribution is 5.87. The minimum absolute atomic E-state index is 0.338. The lowest BCUT2D eigenvalue weighted by Gasteiger charge is -2.08. The highest BCUT2D eigenvalue weighted by Crippen LogP contribution is 2.28. The van der Waals surface area contributed by atoms with E-state index < -0.39 is 5.63 Å². The van der Waals surface area contributed by atoms with E-state index in [1.54, 1.807) is 12.1 Å². The smallest absolute Gasteiger partial charge is 0.344 e. The summed E-state index contributed by atoms with van der Waals surface area (Å²) in [5.41, 5.74) is 2.20. The van der Waals surface area contributed by atoms with Gasteiger partial charge in [-0.3, -0.25) is 4.79 Å². The molecule has 4 heteroatoms. The Morgan fingerprint density at radius 1 is 1.10 bits per heavy atom. The van der Waals surface area contributed by atoms with Gasteiger partial charge in [0.1, 0.15) is 11.3 Å². The second-order valence-corrected chi connectivity index (χ2v) is 4.63. The average Bonchev–Trinajstić information content (AvgIpc) is 2.48. The quantitative estimate of drug-likeness (QED) is 0.545. The molecular formula is C17H12O4. The fourth-order valence-electron chi connectivity index (χ4n) is 2.40. The van der Waals surface area contributed by atoms with Crippen molar-refractivity contribution in [3.8, 4) is 16.9 Å². The molecule has 0 unspecified atom stereocenters. The molecule has 1 heterocycles. The maximum Gasteiger partial charge on any atom is 0.344 e. The van der Waals surface area contributed by atoms with Crippen LogP contribution < -0.4 is 10.4 Å². The molecule has 4 nitrogen and oxygen atoms in total. The van der Waals surface area contributed by atoms with Crippen LogP contribution in [0.5, 0.6) is 5.75 Å². The summed E-state index contributed by atoms with van der Waals surface area (Å²) in [6, 6.07) is 14.4. The van der Waals surface area contributed by atoms with Gasteiger partial charge in [-0.15, -0.1) is 0 Å². The van der Waals surface area contributed by atoms with E-state index in [1.165, 1.54) is 6.07 Å². The Kier molecular flexibility index (Phi) is 3.28. The summed E-state index contributed by atoms with van der Waals surface area (Å²) >= 11 is 0. The predicted octanol–water partition coefficient (Wildman–Crippen LogP) is 3.30. The Hall–Kier alpha value is -2.88. The first-order valence-corrected chi connectivity index (χ1v) is 6.44. The fourth-order valence-corrected chi connectivity index (χ4v) is 2.40. The van der Waals surface area contributed by atoms with Crippen molar-refractivity contribution in [1.82, 2.24) is 0 Å². The highest BCUT2D eigenvalue weighted by atomic mass is 16.5. The summed E-state index contributed by atoms with van der Waals surface area (Å²) in [5.74, 6) is 0.340. The summed E-state index contributed by atoms with van der Waals surface area (Å²) in [6.45, 7) is 2.21. The van der Waals surface area contributed by atoms with Crippen LogP contribution in [0.15, 0.2) is 57.7 Å². The van der Waals surface area contributed by atoms with E-state index in [9.17, 15) is 9.59 Å². The van der Waals surface area contributed by atoms with Crippen molar-refractivity contribution in [2.45, 2.75) is 6.92 Å². The van der Waals surface area contributed by atoms with E-state index in [4.69, 9.17) is 9.15 Å². The molecule has 0 saturated carbocycles. The van der Waals surface area contributed by atoms with Crippen molar-refractivity contribution >= 4 is 17.4 Å². The van der Waals surface area contributed by atoms with Gasteiger partial charge >= 0.3 is 5.63 Å². The monoisotopic (exact) mass is 280 g/mol. The van der Waals surface area contributed by atoms with Gasteiger partial charge in [-0.05, 0) is 30.2 Å². The number of aryl methyl sites for hydroxylation is 1. The van der Waals surface area contributed by atoms with Crippen LogP contribution in [0.25, 0.3) is 22.1 Å². The molecule has 0 saturated heterocycles. The Labute approximate surface area is 120 Å². The summed E-state index contributed by atoms with van der Waals surface area (Å²) in [6.07, 6.45) is 0. The van der Waals surface area contributed by atoms with Gasteiger partial charge in [-0.2, -0.15) is 0 Å². The molecule has 0 radical (unpaired) electrons. The van der Waals surface area contributed by atoms with Crippen LogP contribution in [0, 0.1) is 6.92 Å². The van der Waals surface area contributed by atoms with Gasteiger partial charge in [0.05, 0.1) is 5.56 Å². The van der Waals surface area contributed by atoms with Crippen molar-refractivity contribution < 1.29 is 13.9 Å². The van der Waals surface area contributed by atoms with Gasteiger partial charge in [0.2, 0.25) is 0 Å². The van der Waals surface area contributed by atoms with E-state index in [2.05, 4.69) is 0 Å². The molecule has 0 amide bonds. The summed E-state index contributed by atoms with van der Waals surface area (Å²) < 4.78 is 10.1. The molecule has 104 valence electrons. The van der Waals surface area contributed by atoms with Crippen LogP contribution in [-0.2, 0) is 4.79 Å². The number of carbonyl (C=O) groups is 1. The molecule has 0 aliphatic rings. The zero-order valence-electron chi connectivity index (χ0n) is 11.3. The molecule has 2 aromatic carbocycles. The number of fused-ring (bicyclic) bond motifs is 1. The van der Waals surface area contributed by atoms with E-state index >= 15 is 0 Å². The lowest BCUT2D eigenvalue weighted by molar-refractivity contribution is -0.120. The Bertz CT molecular complexity index is 863. The molecule has 21 heavy (non-hydrogen) atoms. The minimum atomic E-state index is -0.408. The molecule has 0 bridgehead atoms. The van der Waals surface area contributed by atoms with Crippen LogP contribution in [0.1, 0.15) is 5.56 Å². The van der Waals surface area contributed by atoms with E-state index in [0.29, 0.717) is 23.4 Å². The first-order valence-electron chi connectivity index (χ1n) is 6.44. The van der Waals surface area contributed by atoms with Crippen molar-refractivity contribution in [3.63, 3.8) is 0 Å². The van der Waals surface area contributed by atoms with Gasteiger partial charge < -0.3 is 9.15 Å². The second kappa shape index (κ2) is 5.25. The first-order chi connectivity index (χ1) is 10.2. The molecule has 0 atom stereocenters. The standard InChI is InChI=1S/C17H12O4/c1-11-14-8-7-13(20-10-18)9-15(14)21-17(19)16(11)12-5-3-2-4-6-12/h2-10H,1H3. The van der Waals surface area contributed by atoms with Crippen molar-refractivity contribution in [3.05, 3.63) is 64.5 Å². The average molecular weight is 280 g/mol. The topological polar surface area (TPSA) is 56.5 Å². The minimum Gasteiger partial charge on any atom is -0.429 e. The Balaban J connectivity index is 2.27. The van der Waals surface area contributed by atoms with Crippen molar-refractivity contribution in [1.29, 1.82) is 0 Å². The molecule has 0 spiro atoms. The maximum absolute atomic E-state index is 12.2.